The maximum absolute atomic E-state index is 11.5. The minimum Gasteiger partial charge on any atom is -0.389 e. The largest absolute Gasteiger partial charge is 0.389 e. The molecule has 0 radical (unpaired) electrons. The molecule has 1 aromatic heterocycles. The van der Waals surface area contributed by atoms with E-state index in [-0.39, 0.29) is 12.0 Å². The number of amides is 1. The van der Waals surface area contributed by atoms with E-state index in [1.54, 1.807) is 21.9 Å². The zero-order valence-corrected chi connectivity index (χ0v) is 8.50. The minimum atomic E-state index is -0.348. The van der Waals surface area contributed by atoms with E-state index in [0.29, 0.717) is 13.1 Å². The molecule has 80 valence electrons. The minimum absolute atomic E-state index is 0.0681. The maximum atomic E-state index is 11.5. The van der Waals surface area contributed by atoms with Crippen LogP contribution in [0.1, 0.15) is 5.69 Å². The number of hydrogen-bond acceptors (Lipinski definition) is 3. The third-order valence-electron chi connectivity index (χ3n) is 2.43. The van der Waals surface area contributed by atoms with Crippen LogP contribution in [0.25, 0.3) is 6.08 Å². The molecule has 5 heteroatoms. The Kier molecular flexibility index (Phi) is 2.55. The van der Waals surface area contributed by atoms with Crippen molar-refractivity contribution in [3.05, 3.63) is 24.0 Å². The Bertz CT molecular complexity index is 391. The topological polar surface area (TPSA) is 58.4 Å². The van der Waals surface area contributed by atoms with Crippen LogP contribution in [0.5, 0.6) is 0 Å². The van der Waals surface area contributed by atoms with Crippen molar-refractivity contribution < 1.29 is 9.90 Å². The van der Waals surface area contributed by atoms with Gasteiger partial charge in [-0.25, -0.2) is 0 Å². The number of likely N-dealkylation sites (tertiary alicyclic amines) is 1. The Morgan fingerprint density at radius 3 is 2.93 bits per heavy atom. The Hall–Kier alpha value is -1.62. The zero-order chi connectivity index (χ0) is 10.8. The van der Waals surface area contributed by atoms with Crippen LogP contribution >= 0.6 is 0 Å². The quantitative estimate of drug-likeness (QED) is 0.673. The molecule has 0 aliphatic carbocycles. The normalized spacial score (nSPS) is 17.1. The van der Waals surface area contributed by atoms with Gasteiger partial charge in [-0.05, 0) is 12.1 Å². The molecule has 0 spiro atoms. The lowest BCUT2D eigenvalue weighted by atomic mass is 10.1. The summed E-state index contributed by atoms with van der Waals surface area (Å²) in [5.41, 5.74) is 0.879. The van der Waals surface area contributed by atoms with E-state index >= 15 is 0 Å². The molecule has 2 rings (SSSR count). The monoisotopic (exact) mass is 207 g/mol. The van der Waals surface area contributed by atoms with Crippen LogP contribution < -0.4 is 0 Å². The standard InChI is InChI=1S/C10H13N3O2/c1-12-8(4-5-11-12)2-3-10(15)13-6-9(14)7-13/h2-5,9,14H,6-7H2,1H3. The summed E-state index contributed by atoms with van der Waals surface area (Å²) in [6.07, 6.45) is 4.56. The van der Waals surface area contributed by atoms with Crippen LogP contribution in [-0.4, -0.2) is 44.9 Å². The molecule has 0 aromatic carbocycles. The number of rotatable bonds is 2. The first-order chi connectivity index (χ1) is 7.16. The Morgan fingerprint density at radius 2 is 2.40 bits per heavy atom. The molecule has 1 saturated heterocycles. The number of aliphatic hydroxyl groups is 1. The maximum Gasteiger partial charge on any atom is 0.246 e. The zero-order valence-electron chi connectivity index (χ0n) is 8.50. The fourth-order valence-electron chi connectivity index (χ4n) is 1.45. The highest BCUT2D eigenvalue weighted by Gasteiger charge is 2.26. The van der Waals surface area contributed by atoms with Gasteiger partial charge < -0.3 is 10.0 Å². The summed E-state index contributed by atoms with van der Waals surface area (Å²) in [6, 6.07) is 1.83. The molecule has 2 heterocycles. The van der Waals surface area contributed by atoms with Crippen molar-refractivity contribution in [3.8, 4) is 0 Å². The van der Waals surface area contributed by atoms with Gasteiger partial charge in [0, 0.05) is 32.4 Å². The van der Waals surface area contributed by atoms with Gasteiger partial charge in [0.25, 0.3) is 0 Å². The number of β-amino-alcohol motifs (C(OH)–C–C–N with tert-alkyl or cyclic N) is 1. The van der Waals surface area contributed by atoms with E-state index in [1.807, 2.05) is 13.1 Å². The summed E-state index contributed by atoms with van der Waals surface area (Å²) < 4.78 is 1.69. The summed E-state index contributed by atoms with van der Waals surface area (Å²) in [5.74, 6) is -0.0681. The van der Waals surface area contributed by atoms with Crippen molar-refractivity contribution in [2.75, 3.05) is 13.1 Å². The molecule has 5 nitrogen and oxygen atoms in total. The number of aryl methyl sites for hydroxylation is 1. The number of carbonyl (C=O) groups excluding carboxylic acids is 1. The molecule has 1 N–H and O–H groups in total. The second kappa shape index (κ2) is 3.86. The Labute approximate surface area is 87.6 Å². The van der Waals surface area contributed by atoms with E-state index in [4.69, 9.17) is 5.11 Å². The molecular weight excluding hydrogens is 194 g/mol. The van der Waals surface area contributed by atoms with Crippen LogP contribution in [0.4, 0.5) is 0 Å². The van der Waals surface area contributed by atoms with Crippen LogP contribution in [0.15, 0.2) is 18.3 Å². The van der Waals surface area contributed by atoms with Crippen molar-refractivity contribution in [3.63, 3.8) is 0 Å². The van der Waals surface area contributed by atoms with E-state index in [0.717, 1.165) is 5.69 Å². The number of carbonyl (C=O) groups is 1. The first-order valence-electron chi connectivity index (χ1n) is 4.80. The average molecular weight is 207 g/mol. The highest BCUT2D eigenvalue weighted by molar-refractivity contribution is 5.92. The number of aromatic nitrogens is 2. The highest BCUT2D eigenvalue weighted by Crippen LogP contribution is 2.08. The first-order valence-corrected chi connectivity index (χ1v) is 4.80. The highest BCUT2D eigenvalue weighted by atomic mass is 16.3. The molecule has 0 bridgehead atoms. The number of nitrogens with zero attached hydrogens (tertiary/aromatic N) is 3. The fraction of sp³-hybridized carbons (Fsp3) is 0.400. The molecule has 1 aliphatic heterocycles. The van der Waals surface area contributed by atoms with E-state index in [2.05, 4.69) is 5.10 Å². The summed E-state index contributed by atoms with van der Waals surface area (Å²) in [4.78, 5) is 13.1. The van der Waals surface area contributed by atoms with Crippen molar-refractivity contribution in [1.82, 2.24) is 14.7 Å². The summed E-state index contributed by atoms with van der Waals surface area (Å²) in [5, 5.41) is 13.0. The smallest absolute Gasteiger partial charge is 0.246 e. The van der Waals surface area contributed by atoms with Gasteiger partial charge in [-0.2, -0.15) is 5.10 Å². The van der Waals surface area contributed by atoms with Gasteiger partial charge in [0.1, 0.15) is 0 Å². The summed E-state index contributed by atoms with van der Waals surface area (Å²) >= 11 is 0. The predicted octanol–water partition coefficient (Wildman–Crippen LogP) is -0.364. The van der Waals surface area contributed by atoms with Gasteiger partial charge in [-0.1, -0.05) is 0 Å². The molecule has 0 atom stereocenters. The van der Waals surface area contributed by atoms with Crippen molar-refractivity contribution in [2.45, 2.75) is 6.10 Å². The summed E-state index contributed by atoms with van der Waals surface area (Å²) in [7, 11) is 1.82. The van der Waals surface area contributed by atoms with Crippen LogP contribution in [0.2, 0.25) is 0 Å². The second-order valence-electron chi connectivity index (χ2n) is 3.61. The fourth-order valence-corrected chi connectivity index (χ4v) is 1.45. The van der Waals surface area contributed by atoms with Gasteiger partial charge in [0.2, 0.25) is 5.91 Å². The molecule has 1 amide bonds. The Morgan fingerprint density at radius 1 is 1.67 bits per heavy atom. The van der Waals surface area contributed by atoms with E-state index in [9.17, 15) is 4.79 Å². The van der Waals surface area contributed by atoms with Crippen LogP contribution in [-0.2, 0) is 11.8 Å². The Balaban J connectivity index is 1.94. The molecular formula is C10H13N3O2. The van der Waals surface area contributed by atoms with Crippen molar-refractivity contribution in [1.29, 1.82) is 0 Å². The lowest BCUT2D eigenvalue weighted by Gasteiger charge is -2.34. The van der Waals surface area contributed by atoms with Gasteiger partial charge in [-0.3, -0.25) is 9.48 Å². The SMILES string of the molecule is Cn1nccc1C=CC(=O)N1CC(O)C1. The van der Waals surface area contributed by atoms with Gasteiger partial charge in [-0.15, -0.1) is 0 Å². The molecule has 1 fully saturated rings. The molecule has 15 heavy (non-hydrogen) atoms. The predicted molar refractivity (Wildman–Crippen MR) is 54.8 cm³/mol. The molecule has 1 aromatic rings. The molecule has 1 aliphatic rings. The third-order valence-corrected chi connectivity index (χ3v) is 2.43. The number of hydrogen-bond donors (Lipinski definition) is 1. The lowest BCUT2D eigenvalue weighted by molar-refractivity contribution is -0.135. The first kappa shape index (κ1) is 9.92. The van der Waals surface area contributed by atoms with E-state index in [1.165, 1.54) is 6.08 Å². The van der Waals surface area contributed by atoms with Crippen molar-refractivity contribution >= 4 is 12.0 Å². The van der Waals surface area contributed by atoms with Gasteiger partial charge in [0.05, 0.1) is 11.8 Å². The molecule has 0 unspecified atom stereocenters. The molecule has 0 saturated carbocycles. The van der Waals surface area contributed by atoms with Crippen molar-refractivity contribution in [2.24, 2.45) is 7.05 Å². The second-order valence-corrected chi connectivity index (χ2v) is 3.61. The average Bonchev–Trinajstić information content (AvgIpc) is 2.55. The van der Waals surface area contributed by atoms with Gasteiger partial charge in [0.15, 0.2) is 0 Å². The summed E-state index contributed by atoms with van der Waals surface area (Å²) in [6.45, 7) is 0.878. The lowest BCUT2D eigenvalue weighted by Crippen LogP contribution is -2.52. The van der Waals surface area contributed by atoms with E-state index < -0.39 is 0 Å². The third kappa shape index (κ3) is 2.07. The van der Waals surface area contributed by atoms with Gasteiger partial charge >= 0.3 is 0 Å². The van der Waals surface area contributed by atoms with Crippen LogP contribution in [0.3, 0.4) is 0 Å². The number of aliphatic hydroxyl groups excluding tert-OH is 1. The van der Waals surface area contributed by atoms with Crippen LogP contribution in [0, 0.1) is 0 Å².